The summed E-state index contributed by atoms with van der Waals surface area (Å²) in [5.41, 5.74) is 0. The molecule has 0 aromatic carbocycles. The minimum atomic E-state index is -0.664. The minimum absolute atomic E-state index is 0.0102. The third kappa shape index (κ3) is 48.2. The van der Waals surface area contributed by atoms with Crippen molar-refractivity contribution in [3.63, 3.8) is 0 Å². The highest BCUT2D eigenvalue weighted by molar-refractivity contribution is 5.76. The number of hydrogen-bond donors (Lipinski definition) is 3. The highest BCUT2D eigenvalue weighted by Gasteiger charge is 2.20. The molecule has 0 spiro atoms. The van der Waals surface area contributed by atoms with Gasteiger partial charge in [0.05, 0.1) is 25.4 Å². The second-order valence-electron chi connectivity index (χ2n) is 19.3. The number of carbonyl (C=O) groups excluding carboxylic acids is 2. The number of unbranched alkanes of at least 4 members (excludes halogenated alkanes) is 41. The SMILES string of the molecule is CCCCCCCCCCCCCCCCC(=O)OCCCCCCCCCCCCCCCCCCCCC(=O)NC(CO)C(O)CCCCCCCCCCCCCC. The fraction of sp³-hybridized carbons (Fsp3) is 0.964. The van der Waals surface area contributed by atoms with Crippen LogP contribution in [0.2, 0.25) is 0 Å². The molecule has 0 bridgehead atoms. The molecule has 0 aromatic rings. The average Bonchev–Trinajstić information content (AvgIpc) is 3.26. The Labute approximate surface area is 381 Å². The van der Waals surface area contributed by atoms with Gasteiger partial charge in [0.2, 0.25) is 5.91 Å². The van der Waals surface area contributed by atoms with E-state index in [1.807, 2.05) is 0 Å². The van der Waals surface area contributed by atoms with E-state index in [1.165, 1.54) is 244 Å². The van der Waals surface area contributed by atoms with E-state index in [4.69, 9.17) is 4.74 Å². The normalized spacial score (nSPS) is 12.5. The highest BCUT2D eigenvalue weighted by atomic mass is 16.5. The molecule has 2 unspecified atom stereocenters. The van der Waals surface area contributed by atoms with Crippen molar-refractivity contribution in [3.05, 3.63) is 0 Å². The summed E-state index contributed by atoms with van der Waals surface area (Å²) in [6, 6.07) is -0.542. The van der Waals surface area contributed by atoms with Gasteiger partial charge in [0.15, 0.2) is 0 Å². The molecule has 0 saturated carbocycles. The molecule has 2 atom stereocenters. The van der Waals surface area contributed by atoms with Gasteiger partial charge in [-0.3, -0.25) is 9.59 Å². The van der Waals surface area contributed by atoms with Crippen LogP contribution in [-0.4, -0.2) is 47.4 Å². The maximum atomic E-state index is 12.4. The Morgan fingerprint density at radius 2 is 0.672 bits per heavy atom. The van der Waals surface area contributed by atoms with Crippen LogP contribution in [0.15, 0.2) is 0 Å². The molecular formula is C55H109NO5. The maximum absolute atomic E-state index is 12.4. The van der Waals surface area contributed by atoms with Gasteiger partial charge in [0.1, 0.15) is 0 Å². The second kappa shape index (κ2) is 51.5. The Bertz CT molecular complexity index is 867. The molecule has 0 rings (SSSR count). The van der Waals surface area contributed by atoms with Crippen molar-refractivity contribution in [3.8, 4) is 0 Å². The monoisotopic (exact) mass is 864 g/mol. The number of hydrogen-bond acceptors (Lipinski definition) is 5. The molecule has 6 heteroatoms. The zero-order valence-corrected chi connectivity index (χ0v) is 41.4. The lowest BCUT2D eigenvalue weighted by Crippen LogP contribution is -2.45. The van der Waals surface area contributed by atoms with Crippen LogP contribution in [0, 0.1) is 0 Å². The highest BCUT2D eigenvalue weighted by Crippen LogP contribution is 2.18. The Kier molecular flexibility index (Phi) is 50.5. The second-order valence-corrected chi connectivity index (χ2v) is 19.3. The van der Waals surface area contributed by atoms with Crippen molar-refractivity contribution < 1.29 is 24.5 Å². The number of nitrogens with one attached hydrogen (secondary N) is 1. The summed E-state index contributed by atoms with van der Waals surface area (Å²) in [7, 11) is 0. The fourth-order valence-corrected chi connectivity index (χ4v) is 8.88. The van der Waals surface area contributed by atoms with Gasteiger partial charge in [-0.15, -0.1) is 0 Å². The molecular weight excluding hydrogens is 755 g/mol. The number of aliphatic hydroxyl groups is 2. The first-order valence-electron chi connectivity index (χ1n) is 27.8. The van der Waals surface area contributed by atoms with E-state index in [-0.39, 0.29) is 18.5 Å². The molecule has 0 radical (unpaired) electrons. The average molecular weight is 864 g/mol. The molecule has 0 aliphatic rings. The number of esters is 1. The Hall–Kier alpha value is -1.14. The first kappa shape index (κ1) is 59.9. The number of amides is 1. The lowest BCUT2D eigenvalue weighted by Gasteiger charge is -2.22. The minimum Gasteiger partial charge on any atom is -0.466 e. The summed E-state index contributed by atoms with van der Waals surface area (Å²) in [6.45, 7) is 4.96. The maximum Gasteiger partial charge on any atom is 0.305 e. The van der Waals surface area contributed by atoms with Crippen molar-refractivity contribution in [1.29, 1.82) is 0 Å². The summed E-state index contributed by atoms with van der Waals surface area (Å²) >= 11 is 0. The number of ether oxygens (including phenoxy) is 1. The Balaban J connectivity index is 3.37. The number of rotatable bonds is 52. The molecule has 0 aliphatic heterocycles. The van der Waals surface area contributed by atoms with Crippen LogP contribution >= 0.6 is 0 Å². The van der Waals surface area contributed by atoms with Crippen LogP contribution in [0.5, 0.6) is 0 Å². The predicted octanol–water partition coefficient (Wildman–Crippen LogP) is 16.7. The smallest absolute Gasteiger partial charge is 0.305 e. The van der Waals surface area contributed by atoms with Crippen LogP contribution in [0.1, 0.15) is 316 Å². The molecule has 1 amide bonds. The summed E-state index contributed by atoms with van der Waals surface area (Å²) in [5.74, 6) is -0.0276. The Morgan fingerprint density at radius 3 is 1.00 bits per heavy atom. The summed E-state index contributed by atoms with van der Waals surface area (Å²) < 4.78 is 5.48. The van der Waals surface area contributed by atoms with E-state index in [0.29, 0.717) is 25.9 Å². The van der Waals surface area contributed by atoms with Gasteiger partial charge in [0.25, 0.3) is 0 Å². The van der Waals surface area contributed by atoms with Crippen LogP contribution in [0.4, 0.5) is 0 Å². The lowest BCUT2D eigenvalue weighted by molar-refractivity contribution is -0.143. The van der Waals surface area contributed by atoms with Gasteiger partial charge in [-0.1, -0.05) is 277 Å². The van der Waals surface area contributed by atoms with Gasteiger partial charge in [-0.2, -0.15) is 0 Å². The molecule has 61 heavy (non-hydrogen) atoms. The molecule has 3 N–H and O–H groups in total. The van der Waals surface area contributed by atoms with Crippen LogP contribution < -0.4 is 5.32 Å². The largest absolute Gasteiger partial charge is 0.466 e. The molecule has 0 aromatic heterocycles. The molecule has 6 nitrogen and oxygen atoms in total. The zero-order chi connectivity index (χ0) is 44.4. The predicted molar refractivity (Wildman–Crippen MR) is 264 cm³/mol. The molecule has 0 saturated heterocycles. The molecule has 0 heterocycles. The van der Waals surface area contributed by atoms with Gasteiger partial charge < -0.3 is 20.3 Å². The van der Waals surface area contributed by atoms with Crippen LogP contribution in [0.25, 0.3) is 0 Å². The first-order valence-corrected chi connectivity index (χ1v) is 27.8. The van der Waals surface area contributed by atoms with Gasteiger partial charge in [0, 0.05) is 12.8 Å². The first-order chi connectivity index (χ1) is 30.0. The number of aliphatic hydroxyl groups excluding tert-OH is 2. The van der Waals surface area contributed by atoms with E-state index in [1.54, 1.807) is 0 Å². The summed E-state index contributed by atoms with van der Waals surface area (Å²) in [6.07, 6.45) is 58.0. The summed E-state index contributed by atoms with van der Waals surface area (Å²) in [4.78, 5) is 24.5. The van der Waals surface area contributed by atoms with Crippen LogP contribution in [-0.2, 0) is 14.3 Å². The van der Waals surface area contributed by atoms with Crippen molar-refractivity contribution >= 4 is 11.9 Å². The van der Waals surface area contributed by atoms with Crippen molar-refractivity contribution in [2.45, 2.75) is 328 Å². The standard InChI is InChI=1S/C55H109NO5/c1-3-5-7-9-11-13-15-17-25-29-33-37-41-45-49-55(60)61-50-46-42-38-34-30-26-23-21-19-18-20-22-24-28-32-36-40-44-48-54(59)56-52(51-57)53(58)47-43-39-35-31-27-16-14-12-10-8-6-4-2/h52-53,57-58H,3-51H2,1-2H3,(H,56,59). The summed E-state index contributed by atoms with van der Waals surface area (Å²) in [5, 5.41) is 23.2. The quantitative estimate of drug-likeness (QED) is 0.0418. The van der Waals surface area contributed by atoms with Gasteiger partial charge >= 0.3 is 5.97 Å². The van der Waals surface area contributed by atoms with E-state index in [9.17, 15) is 19.8 Å². The van der Waals surface area contributed by atoms with Crippen LogP contribution in [0.3, 0.4) is 0 Å². The zero-order valence-electron chi connectivity index (χ0n) is 41.4. The van der Waals surface area contributed by atoms with E-state index < -0.39 is 12.1 Å². The van der Waals surface area contributed by atoms with Gasteiger partial charge in [-0.25, -0.2) is 0 Å². The third-order valence-corrected chi connectivity index (χ3v) is 13.2. The molecule has 0 aliphatic carbocycles. The van der Waals surface area contributed by atoms with E-state index in [0.717, 1.165) is 38.5 Å². The topological polar surface area (TPSA) is 95.9 Å². The Morgan fingerprint density at radius 1 is 0.393 bits per heavy atom. The number of carbonyl (C=O) groups is 2. The molecule has 364 valence electrons. The van der Waals surface area contributed by atoms with Crippen molar-refractivity contribution in [2.24, 2.45) is 0 Å². The lowest BCUT2D eigenvalue weighted by atomic mass is 10.0. The molecule has 0 fully saturated rings. The van der Waals surface area contributed by atoms with Crippen molar-refractivity contribution in [1.82, 2.24) is 5.32 Å². The van der Waals surface area contributed by atoms with Gasteiger partial charge in [-0.05, 0) is 25.7 Å². The van der Waals surface area contributed by atoms with E-state index in [2.05, 4.69) is 19.2 Å². The van der Waals surface area contributed by atoms with E-state index >= 15 is 0 Å². The third-order valence-electron chi connectivity index (χ3n) is 13.2. The fourth-order valence-electron chi connectivity index (χ4n) is 8.88. The van der Waals surface area contributed by atoms with Crippen molar-refractivity contribution in [2.75, 3.05) is 13.2 Å².